The monoisotopic (exact) mass is 235 g/mol. The summed E-state index contributed by atoms with van der Waals surface area (Å²) in [6.45, 7) is 0. The van der Waals surface area contributed by atoms with Crippen LogP contribution in [0.5, 0.6) is 0 Å². The molecule has 0 aliphatic carbocycles. The maximum Gasteiger partial charge on any atom is 0.303 e. The fraction of sp³-hybridized carbons (Fsp3) is 0.222. The van der Waals surface area contributed by atoms with Crippen LogP contribution in [0.3, 0.4) is 0 Å². The highest BCUT2D eigenvalue weighted by molar-refractivity contribution is 5.92. The zero-order valence-corrected chi connectivity index (χ0v) is 8.67. The summed E-state index contributed by atoms with van der Waals surface area (Å²) in [6, 6.07) is 0. The molecular formula is C9H9N5O3. The van der Waals surface area contributed by atoms with Crippen molar-refractivity contribution in [1.29, 1.82) is 0 Å². The molecule has 0 spiro atoms. The number of aromatic amines is 1. The van der Waals surface area contributed by atoms with E-state index in [1.807, 2.05) is 0 Å². The van der Waals surface area contributed by atoms with Crippen LogP contribution in [0, 0.1) is 0 Å². The van der Waals surface area contributed by atoms with E-state index in [1.165, 1.54) is 12.5 Å². The Kier molecular flexibility index (Phi) is 2.95. The number of anilines is 1. The number of imidazole rings is 1. The molecule has 0 radical (unpaired) electrons. The van der Waals surface area contributed by atoms with Gasteiger partial charge in [0.05, 0.1) is 12.6 Å². The van der Waals surface area contributed by atoms with Crippen molar-refractivity contribution in [3.8, 4) is 0 Å². The minimum absolute atomic E-state index is 0.0991. The van der Waals surface area contributed by atoms with Gasteiger partial charge in [0.15, 0.2) is 5.65 Å². The molecule has 0 fully saturated rings. The Morgan fingerprint density at radius 2 is 2.24 bits per heavy atom. The van der Waals surface area contributed by atoms with Gasteiger partial charge in [0, 0.05) is 6.42 Å². The van der Waals surface area contributed by atoms with Crippen molar-refractivity contribution in [3.05, 3.63) is 12.5 Å². The third-order valence-electron chi connectivity index (χ3n) is 1.99. The molecule has 0 atom stereocenters. The fourth-order valence-corrected chi connectivity index (χ4v) is 1.24. The Hall–Kier alpha value is -2.51. The van der Waals surface area contributed by atoms with Gasteiger partial charge in [-0.15, -0.1) is 0 Å². The second kappa shape index (κ2) is 4.56. The highest BCUT2D eigenvalue weighted by atomic mass is 16.4. The summed E-state index contributed by atoms with van der Waals surface area (Å²) >= 11 is 0. The van der Waals surface area contributed by atoms with Gasteiger partial charge in [-0.25, -0.2) is 9.97 Å². The molecule has 0 saturated heterocycles. The van der Waals surface area contributed by atoms with E-state index in [0.29, 0.717) is 11.2 Å². The zero-order valence-electron chi connectivity index (χ0n) is 8.67. The maximum atomic E-state index is 11.3. The number of H-pyrrole nitrogens is 1. The second-order valence-corrected chi connectivity index (χ2v) is 3.29. The number of amides is 1. The topological polar surface area (TPSA) is 121 Å². The minimum Gasteiger partial charge on any atom is -0.481 e. The number of nitrogens with one attached hydrogen (secondary N) is 2. The predicted molar refractivity (Wildman–Crippen MR) is 57.2 cm³/mol. The summed E-state index contributed by atoms with van der Waals surface area (Å²) < 4.78 is 0. The van der Waals surface area contributed by atoms with E-state index in [9.17, 15) is 9.59 Å². The SMILES string of the molecule is O=C(O)CCC(=O)Nc1nc2ncncc2[nH]1. The molecule has 0 saturated carbocycles. The number of hydrogen-bond donors (Lipinski definition) is 3. The van der Waals surface area contributed by atoms with Crippen LogP contribution in [0.25, 0.3) is 11.2 Å². The molecule has 88 valence electrons. The van der Waals surface area contributed by atoms with E-state index >= 15 is 0 Å². The number of nitrogens with zero attached hydrogens (tertiary/aromatic N) is 3. The Balaban J connectivity index is 2.03. The molecule has 17 heavy (non-hydrogen) atoms. The van der Waals surface area contributed by atoms with Crippen LogP contribution in [-0.4, -0.2) is 36.9 Å². The number of fused-ring (bicyclic) bond motifs is 1. The van der Waals surface area contributed by atoms with E-state index in [4.69, 9.17) is 5.11 Å². The van der Waals surface area contributed by atoms with Crippen LogP contribution in [-0.2, 0) is 9.59 Å². The first-order chi connectivity index (χ1) is 8.15. The molecule has 0 aliphatic rings. The number of rotatable bonds is 4. The third kappa shape index (κ3) is 2.74. The summed E-state index contributed by atoms with van der Waals surface area (Å²) in [5, 5.41) is 10.9. The summed E-state index contributed by atoms with van der Waals surface area (Å²) in [5.41, 5.74) is 1.04. The number of aliphatic carboxylic acids is 1. The van der Waals surface area contributed by atoms with Gasteiger partial charge in [0.2, 0.25) is 11.9 Å². The molecule has 2 aromatic rings. The van der Waals surface area contributed by atoms with Crippen molar-refractivity contribution in [2.75, 3.05) is 5.32 Å². The fourth-order valence-electron chi connectivity index (χ4n) is 1.24. The molecule has 1 amide bonds. The summed E-state index contributed by atoms with van der Waals surface area (Å²) in [6.07, 6.45) is 2.56. The highest BCUT2D eigenvalue weighted by Crippen LogP contribution is 2.09. The molecular weight excluding hydrogens is 226 g/mol. The molecule has 0 aliphatic heterocycles. The van der Waals surface area contributed by atoms with Crippen molar-refractivity contribution < 1.29 is 14.7 Å². The van der Waals surface area contributed by atoms with E-state index in [-0.39, 0.29) is 18.8 Å². The number of carboxylic acids is 1. The van der Waals surface area contributed by atoms with Crippen molar-refractivity contribution in [1.82, 2.24) is 19.9 Å². The quantitative estimate of drug-likeness (QED) is 0.693. The van der Waals surface area contributed by atoms with Gasteiger partial charge in [0.1, 0.15) is 11.8 Å². The third-order valence-corrected chi connectivity index (χ3v) is 1.99. The summed E-state index contributed by atoms with van der Waals surface area (Å²) in [4.78, 5) is 36.1. The lowest BCUT2D eigenvalue weighted by atomic mass is 10.3. The smallest absolute Gasteiger partial charge is 0.303 e. The van der Waals surface area contributed by atoms with Crippen LogP contribution in [0.1, 0.15) is 12.8 Å². The predicted octanol–water partition coefficient (Wildman–Crippen LogP) is 0.156. The number of carbonyl (C=O) groups is 2. The van der Waals surface area contributed by atoms with Crippen LogP contribution in [0.15, 0.2) is 12.5 Å². The molecule has 2 rings (SSSR count). The molecule has 3 N–H and O–H groups in total. The Morgan fingerprint density at radius 1 is 1.41 bits per heavy atom. The molecule has 0 unspecified atom stereocenters. The Bertz CT molecular complexity index is 532. The van der Waals surface area contributed by atoms with E-state index < -0.39 is 11.9 Å². The largest absolute Gasteiger partial charge is 0.481 e. The molecule has 2 heterocycles. The summed E-state index contributed by atoms with van der Waals surface area (Å²) in [5.74, 6) is -1.20. The standard InChI is InChI=1S/C9H9N5O3/c15-6(1-2-7(16)17)13-9-12-5-3-10-4-11-8(5)14-9/h3-4H,1-2H2,(H,16,17)(H2,10,11,12,13,14,15). The minimum atomic E-state index is -1.02. The van der Waals surface area contributed by atoms with Crippen LogP contribution >= 0.6 is 0 Å². The van der Waals surface area contributed by atoms with Crippen molar-refractivity contribution in [2.24, 2.45) is 0 Å². The maximum absolute atomic E-state index is 11.3. The van der Waals surface area contributed by atoms with Gasteiger partial charge in [-0.05, 0) is 0 Å². The molecule has 0 bridgehead atoms. The van der Waals surface area contributed by atoms with Gasteiger partial charge in [0.25, 0.3) is 0 Å². The lowest BCUT2D eigenvalue weighted by Crippen LogP contribution is -2.14. The second-order valence-electron chi connectivity index (χ2n) is 3.29. The highest BCUT2D eigenvalue weighted by Gasteiger charge is 2.09. The first kappa shape index (κ1) is 11.0. The van der Waals surface area contributed by atoms with Crippen LogP contribution in [0.4, 0.5) is 5.95 Å². The van der Waals surface area contributed by atoms with Crippen molar-refractivity contribution in [2.45, 2.75) is 12.8 Å². The number of hydrogen-bond acceptors (Lipinski definition) is 5. The van der Waals surface area contributed by atoms with E-state index in [0.717, 1.165) is 0 Å². The van der Waals surface area contributed by atoms with Gasteiger partial charge in [-0.2, -0.15) is 4.98 Å². The van der Waals surface area contributed by atoms with Crippen molar-refractivity contribution in [3.63, 3.8) is 0 Å². The van der Waals surface area contributed by atoms with Crippen LogP contribution < -0.4 is 5.32 Å². The molecule has 0 aromatic carbocycles. The first-order valence-corrected chi connectivity index (χ1v) is 4.82. The Labute approximate surface area is 95.1 Å². The average Bonchev–Trinajstić information content (AvgIpc) is 2.68. The molecule has 8 heteroatoms. The van der Waals surface area contributed by atoms with Crippen molar-refractivity contribution >= 4 is 29.0 Å². The van der Waals surface area contributed by atoms with E-state index in [2.05, 4.69) is 25.3 Å². The van der Waals surface area contributed by atoms with Crippen LogP contribution in [0.2, 0.25) is 0 Å². The zero-order chi connectivity index (χ0) is 12.3. The Morgan fingerprint density at radius 3 is 2.94 bits per heavy atom. The first-order valence-electron chi connectivity index (χ1n) is 4.82. The van der Waals surface area contributed by atoms with E-state index in [1.54, 1.807) is 0 Å². The average molecular weight is 235 g/mol. The lowest BCUT2D eigenvalue weighted by Gasteiger charge is -1.98. The number of carboxylic acid groups (broad SMARTS) is 1. The normalized spacial score (nSPS) is 10.4. The molecule has 2 aromatic heterocycles. The number of aromatic nitrogens is 4. The van der Waals surface area contributed by atoms with Gasteiger partial charge >= 0.3 is 5.97 Å². The summed E-state index contributed by atoms with van der Waals surface area (Å²) in [7, 11) is 0. The van der Waals surface area contributed by atoms with Gasteiger partial charge < -0.3 is 10.1 Å². The molecule has 8 nitrogen and oxygen atoms in total. The van der Waals surface area contributed by atoms with Gasteiger partial charge in [-0.1, -0.05) is 0 Å². The van der Waals surface area contributed by atoms with Gasteiger partial charge in [-0.3, -0.25) is 14.9 Å². The number of carbonyl (C=O) groups excluding carboxylic acids is 1. The lowest BCUT2D eigenvalue weighted by molar-refractivity contribution is -0.138.